The van der Waals surface area contributed by atoms with Gasteiger partial charge in [0.15, 0.2) is 0 Å². The molecule has 0 spiro atoms. The molecule has 0 aromatic carbocycles. The third kappa shape index (κ3) is 3.71. The Morgan fingerprint density at radius 3 is 2.69 bits per heavy atom. The lowest BCUT2D eigenvalue weighted by Crippen LogP contribution is -2.13. The number of thioether (sulfide) groups is 1. The Kier molecular flexibility index (Phi) is 4.29. The molecule has 0 radical (unpaired) electrons. The maximum absolute atomic E-state index is 6.04. The van der Waals surface area contributed by atoms with Gasteiger partial charge in [-0.25, -0.2) is 0 Å². The van der Waals surface area contributed by atoms with Crippen LogP contribution in [0.15, 0.2) is 11.4 Å². The fraction of sp³-hybridized carbons (Fsp3) is 0.600. The van der Waals surface area contributed by atoms with E-state index in [1.807, 2.05) is 11.8 Å². The molecule has 0 aliphatic carbocycles. The molecule has 3 heteroatoms. The third-order valence-electron chi connectivity index (χ3n) is 1.79. The van der Waals surface area contributed by atoms with Crippen LogP contribution in [-0.2, 0) is 0 Å². The van der Waals surface area contributed by atoms with Crippen molar-refractivity contribution in [3.63, 3.8) is 0 Å². The summed E-state index contributed by atoms with van der Waals surface area (Å²) in [4.78, 5) is 1.35. The van der Waals surface area contributed by atoms with Gasteiger partial charge in [-0.2, -0.15) is 11.8 Å². The second-order valence-electron chi connectivity index (χ2n) is 3.48. The molecule has 1 nitrogen and oxygen atoms in total. The van der Waals surface area contributed by atoms with Crippen LogP contribution in [0.25, 0.3) is 0 Å². The van der Waals surface area contributed by atoms with Crippen molar-refractivity contribution in [1.82, 2.24) is 0 Å². The van der Waals surface area contributed by atoms with Crippen molar-refractivity contribution in [2.75, 3.05) is 5.75 Å². The summed E-state index contributed by atoms with van der Waals surface area (Å²) in [5, 5.41) is 2.84. The quantitative estimate of drug-likeness (QED) is 0.834. The van der Waals surface area contributed by atoms with E-state index in [2.05, 4.69) is 32.2 Å². The maximum atomic E-state index is 6.04. The Bertz CT molecular complexity index is 255. The van der Waals surface area contributed by atoms with E-state index in [1.165, 1.54) is 10.4 Å². The van der Waals surface area contributed by atoms with Crippen LogP contribution < -0.4 is 5.73 Å². The van der Waals surface area contributed by atoms with Gasteiger partial charge in [0.2, 0.25) is 0 Å². The molecule has 0 aliphatic heterocycles. The Morgan fingerprint density at radius 2 is 2.23 bits per heavy atom. The summed E-state index contributed by atoms with van der Waals surface area (Å²) in [7, 11) is 0. The second kappa shape index (κ2) is 5.03. The van der Waals surface area contributed by atoms with E-state index in [4.69, 9.17) is 5.73 Å². The maximum Gasteiger partial charge on any atom is 0.0395 e. The number of hydrogen-bond donors (Lipinski definition) is 1. The molecule has 0 bridgehead atoms. The molecule has 0 saturated carbocycles. The number of rotatable bonds is 4. The molecule has 74 valence electrons. The van der Waals surface area contributed by atoms with Crippen LogP contribution in [0, 0.1) is 6.92 Å². The molecule has 2 N–H and O–H groups in total. The summed E-state index contributed by atoms with van der Waals surface area (Å²) in [5.74, 6) is 1.02. The average Bonchev–Trinajstić information content (AvgIpc) is 2.47. The summed E-state index contributed by atoms with van der Waals surface area (Å²) in [5.41, 5.74) is 7.33. The lowest BCUT2D eigenvalue weighted by molar-refractivity contribution is 0.832. The SMILES string of the molecule is Cc1cc(C(N)CSC(C)C)cs1. The first-order valence-corrected chi connectivity index (χ1v) is 6.44. The van der Waals surface area contributed by atoms with Gasteiger partial charge in [0.25, 0.3) is 0 Å². The topological polar surface area (TPSA) is 26.0 Å². The van der Waals surface area contributed by atoms with Gasteiger partial charge in [0, 0.05) is 16.7 Å². The molecule has 0 aliphatic rings. The minimum absolute atomic E-state index is 0.206. The predicted molar refractivity (Wildman–Crippen MR) is 63.6 cm³/mol. The van der Waals surface area contributed by atoms with Crippen molar-refractivity contribution in [2.24, 2.45) is 5.73 Å². The van der Waals surface area contributed by atoms with Crippen LogP contribution in [0.4, 0.5) is 0 Å². The molecule has 1 unspecified atom stereocenters. The van der Waals surface area contributed by atoms with Crippen LogP contribution in [0.2, 0.25) is 0 Å². The fourth-order valence-corrected chi connectivity index (χ4v) is 2.60. The Hall–Kier alpha value is 0.01000. The molecule has 13 heavy (non-hydrogen) atoms. The lowest BCUT2D eigenvalue weighted by Gasteiger charge is -2.11. The molecule has 0 amide bonds. The largest absolute Gasteiger partial charge is 0.323 e. The Labute approximate surface area is 88.7 Å². The van der Waals surface area contributed by atoms with Crippen LogP contribution in [-0.4, -0.2) is 11.0 Å². The highest BCUT2D eigenvalue weighted by Gasteiger charge is 2.08. The van der Waals surface area contributed by atoms with Gasteiger partial charge >= 0.3 is 0 Å². The first-order valence-electron chi connectivity index (χ1n) is 4.52. The van der Waals surface area contributed by atoms with E-state index in [1.54, 1.807) is 11.3 Å². The smallest absolute Gasteiger partial charge is 0.0395 e. The van der Waals surface area contributed by atoms with Crippen molar-refractivity contribution in [1.29, 1.82) is 0 Å². The molecule has 0 fully saturated rings. The molecule has 1 rings (SSSR count). The molecule has 1 atom stereocenters. The van der Waals surface area contributed by atoms with E-state index in [0.717, 1.165) is 5.75 Å². The average molecular weight is 215 g/mol. The lowest BCUT2D eigenvalue weighted by atomic mass is 10.2. The van der Waals surface area contributed by atoms with Gasteiger partial charge in [-0.15, -0.1) is 11.3 Å². The van der Waals surface area contributed by atoms with Crippen LogP contribution >= 0.6 is 23.1 Å². The van der Waals surface area contributed by atoms with Crippen LogP contribution in [0.1, 0.15) is 30.3 Å². The zero-order chi connectivity index (χ0) is 9.84. The standard InChI is InChI=1S/C10H17NS2/c1-7(2)12-6-10(11)9-4-8(3)13-5-9/h4-5,7,10H,6,11H2,1-3H3. The van der Waals surface area contributed by atoms with Crippen molar-refractivity contribution in [3.8, 4) is 0 Å². The van der Waals surface area contributed by atoms with E-state index < -0.39 is 0 Å². The summed E-state index contributed by atoms with van der Waals surface area (Å²) in [6.45, 7) is 6.53. The molecular weight excluding hydrogens is 198 g/mol. The second-order valence-corrected chi connectivity index (χ2v) is 6.20. The zero-order valence-electron chi connectivity index (χ0n) is 8.41. The van der Waals surface area contributed by atoms with Crippen molar-refractivity contribution >= 4 is 23.1 Å². The number of nitrogens with two attached hydrogens (primary N) is 1. The molecule has 1 aromatic heterocycles. The van der Waals surface area contributed by atoms with Crippen molar-refractivity contribution in [2.45, 2.75) is 32.1 Å². The van der Waals surface area contributed by atoms with E-state index in [-0.39, 0.29) is 6.04 Å². The molecular formula is C10H17NS2. The van der Waals surface area contributed by atoms with Gasteiger partial charge in [0.1, 0.15) is 0 Å². The van der Waals surface area contributed by atoms with Gasteiger partial charge in [-0.3, -0.25) is 0 Å². The van der Waals surface area contributed by atoms with Gasteiger partial charge in [-0.05, 0) is 29.2 Å². The summed E-state index contributed by atoms with van der Waals surface area (Å²) in [6, 6.07) is 2.40. The van der Waals surface area contributed by atoms with E-state index >= 15 is 0 Å². The highest BCUT2D eigenvalue weighted by atomic mass is 32.2. The number of aryl methyl sites for hydroxylation is 1. The Balaban J connectivity index is 2.44. The van der Waals surface area contributed by atoms with Crippen molar-refractivity contribution in [3.05, 3.63) is 21.9 Å². The minimum atomic E-state index is 0.206. The van der Waals surface area contributed by atoms with E-state index in [9.17, 15) is 0 Å². The molecule has 0 saturated heterocycles. The monoisotopic (exact) mass is 215 g/mol. The summed E-state index contributed by atoms with van der Waals surface area (Å²) in [6.07, 6.45) is 0. The first kappa shape index (κ1) is 11.1. The van der Waals surface area contributed by atoms with Crippen LogP contribution in [0.3, 0.4) is 0 Å². The van der Waals surface area contributed by atoms with Gasteiger partial charge < -0.3 is 5.73 Å². The number of thiophene rings is 1. The minimum Gasteiger partial charge on any atom is -0.323 e. The van der Waals surface area contributed by atoms with Crippen LogP contribution in [0.5, 0.6) is 0 Å². The predicted octanol–water partition coefficient (Wildman–Crippen LogP) is 3.20. The highest BCUT2D eigenvalue weighted by Crippen LogP contribution is 2.23. The summed E-state index contributed by atoms with van der Waals surface area (Å²) >= 11 is 3.70. The van der Waals surface area contributed by atoms with Gasteiger partial charge in [-0.1, -0.05) is 13.8 Å². The Morgan fingerprint density at radius 1 is 1.54 bits per heavy atom. The van der Waals surface area contributed by atoms with Gasteiger partial charge in [0.05, 0.1) is 0 Å². The normalized spacial score (nSPS) is 13.6. The fourth-order valence-electron chi connectivity index (χ4n) is 1.05. The van der Waals surface area contributed by atoms with Crippen molar-refractivity contribution < 1.29 is 0 Å². The molecule has 1 heterocycles. The number of hydrogen-bond acceptors (Lipinski definition) is 3. The summed E-state index contributed by atoms with van der Waals surface area (Å²) < 4.78 is 0. The third-order valence-corrected chi connectivity index (χ3v) is 3.89. The highest BCUT2D eigenvalue weighted by molar-refractivity contribution is 7.99. The zero-order valence-corrected chi connectivity index (χ0v) is 10.0. The van der Waals surface area contributed by atoms with E-state index in [0.29, 0.717) is 5.25 Å². The molecule has 1 aromatic rings. The first-order chi connectivity index (χ1) is 6.09.